The summed E-state index contributed by atoms with van der Waals surface area (Å²) in [5.41, 5.74) is 0.857. The minimum Gasteiger partial charge on any atom is -0.435 e. The summed E-state index contributed by atoms with van der Waals surface area (Å²) in [5.74, 6) is 0.0974. The van der Waals surface area contributed by atoms with Crippen molar-refractivity contribution >= 4 is 9.84 Å². The highest BCUT2D eigenvalue weighted by molar-refractivity contribution is 7.92. The van der Waals surface area contributed by atoms with Gasteiger partial charge >= 0.3 is 6.61 Å². The van der Waals surface area contributed by atoms with Crippen LogP contribution in [0.5, 0.6) is 5.75 Å². The summed E-state index contributed by atoms with van der Waals surface area (Å²) in [4.78, 5) is 0. The van der Waals surface area contributed by atoms with Gasteiger partial charge in [0.1, 0.15) is 5.75 Å². The largest absolute Gasteiger partial charge is 0.435 e. The number of hydrogen-bond acceptors (Lipinski definition) is 4. The monoisotopic (exact) mass is 307 g/mol. The standard InChI is InChI=1S/C13H19F2NO3S/c1-13(2,20(3,17)18)9-16-8-10-4-6-11(7-5-10)19-12(14)15/h4-7,12,16H,8-9H2,1-3H3. The van der Waals surface area contributed by atoms with Crippen molar-refractivity contribution in [2.24, 2.45) is 0 Å². The number of benzene rings is 1. The summed E-state index contributed by atoms with van der Waals surface area (Å²) in [6, 6.07) is 6.20. The molecule has 0 spiro atoms. The molecule has 0 atom stereocenters. The van der Waals surface area contributed by atoms with Gasteiger partial charge in [0.25, 0.3) is 0 Å². The van der Waals surface area contributed by atoms with Crippen LogP contribution in [0, 0.1) is 0 Å². The van der Waals surface area contributed by atoms with E-state index in [9.17, 15) is 17.2 Å². The van der Waals surface area contributed by atoms with E-state index in [-0.39, 0.29) is 5.75 Å². The van der Waals surface area contributed by atoms with Crippen LogP contribution in [0.3, 0.4) is 0 Å². The van der Waals surface area contributed by atoms with Crippen LogP contribution >= 0.6 is 0 Å². The Labute approximate surface area is 118 Å². The third-order valence-electron chi connectivity index (χ3n) is 3.03. The lowest BCUT2D eigenvalue weighted by Crippen LogP contribution is -2.41. The van der Waals surface area contributed by atoms with Crippen LogP contribution in [0.4, 0.5) is 8.78 Å². The molecule has 0 saturated heterocycles. The lowest BCUT2D eigenvalue weighted by Gasteiger charge is -2.22. The minimum absolute atomic E-state index is 0.0974. The fourth-order valence-corrected chi connectivity index (χ4v) is 1.79. The van der Waals surface area contributed by atoms with E-state index < -0.39 is 21.2 Å². The number of halogens is 2. The average molecular weight is 307 g/mol. The Bertz CT molecular complexity index is 527. The first-order valence-corrected chi connectivity index (χ1v) is 7.95. The highest BCUT2D eigenvalue weighted by atomic mass is 32.2. The maximum Gasteiger partial charge on any atom is 0.387 e. The van der Waals surface area contributed by atoms with Crippen LogP contribution in [0.2, 0.25) is 0 Å². The summed E-state index contributed by atoms with van der Waals surface area (Å²) in [6.07, 6.45) is 1.20. The second kappa shape index (κ2) is 6.49. The molecule has 0 heterocycles. The summed E-state index contributed by atoms with van der Waals surface area (Å²) in [5, 5.41) is 3.04. The number of alkyl halides is 2. The van der Waals surface area contributed by atoms with Gasteiger partial charge in [0.15, 0.2) is 9.84 Å². The highest BCUT2D eigenvalue weighted by Crippen LogP contribution is 2.16. The summed E-state index contributed by atoms with van der Waals surface area (Å²) in [7, 11) is -3.14. The summed E-state index contributed by atoms with van der Waals surface area (Å²) < 4.78 is 50.4. The first-order valence-electron chi connectivity index (χ1n) is 6.06. The quantitative estimate of drug-likeness (QED) is 0.839. The third-order valence-corrected chi connectivity index (χ3v) is 5.18. The zero-order valence-electron chi connectivity index (χ0n) is 11.7. The molecule has 0 aliphatic heterocycles. The van der Waals surface area contributed by atoms with Crippen LogP contribution in [0.15, 0.2) is 24.3 Å². The van der Waals surface area contributed by atoms with Crippen molar-refractivity contribution in [2.75, 3.05) is 12.8 Å². The van der Waals surface area contributed by atoms with E-state index in [4.69, 9.17) is 0 Å². The molecule has 1 aromatic carbocycles. The van der Waals surface area contributed by atoms with Crippen molar-refractivity contribution in [2.45, 2.75) is 31.8 Å². The fraction of sp³-hybridized carbons (Fsp3) is 0.538. The smallest absolute Gasteiger partial charge is 0.387 e. The molecule has 1 N–H and O–H groups in total. The molecule has 0 radical (unpaired) electrons. The molecule has 0 aliphatic rings. The lowest BCUT2D eigenvalue weighted by atomic mass is 10.2. The Balaban J connectivity index is 2.51. The van der Waals surface area contributed by atoms with Gasteiger partial charge in [0.2, 0.25) is 0 Å². The number of nitrogens with one attached hydrogen (secondary N) is 1. The Morgan fingerprint density at radius 3 is 2.25 bits per heavy atom. The Hall–Kier alpha value is -1.21. The molecular weight excluding hydrogens is 288 g/mol. The van der Waals surface area contributed by atoms with Crippen LogP contribution in [-0.4, -0.2) is 32.6 Å². The Kier molecular flexibility index (Phi) is 5.47. The molecule has 0 aromatic heterocycles. The Morgan fingerprint density at radius 1 is 1.25 bits per heavy atom. The van der Waals surface area contributed by atoms with Crippen molar-refractivity contribution in [3.8, 4) is 5.75 Å². The van der Waals surface area contributed by atoms with Gasteiger partial charge in [0, 0.05) is 19.3 Å². The van der Waals surface area contributed by atoms with Gasteiger partial charge in [-0.15, -0.1) is 0 Å². The zero-order valence-corrected chi connectivity index (χ0v) is 12.5. The maximum absolute atomic E-state index is 12.0. The van der Waals surface area contributed by atoms with E-state index in [1.807, 2.05) is 0 Å². The first-order chi connectivity index (χ1) is 9.12. The van der Waals surface area contributed by atoms with Crippen molar-refractivity contribution < 1.29 is 21.9 Å². The number of sulfone groups is 1. The van der Waals surface area contributed by atoms with Gasteiger partial charge in [-0.2, -0.15) is 8.78 Å². The molecule has 0 bridgehead atoms. The van der Waals surface area contributed by atoms with Crippen LogP contribution in [-0.2, 0) is 16.4 Å². The van der Waals surface area contributed by atoms with E-state index in [0.717, 1.165) is 5.56 Å². The number of rotatable bonds is 7. The normalized spacial score (nSPS) is 12.7. The number of hydrogen-bond donors (Lipinski definition) is 1. The molecule has 0 aliphatic carbocycles. The maximum atomic E-state index is 12.0. The van der Waals surface area contributed by atoms with Gasteiger partial charge in [-0.25, -0.2) is 8.42 Å². The van der Waals surface area contributed by atoms with Crippen LogP contribution in [0.1, 0.15) is 19.4 Å². The molecule has 1 aromatic rings. The zero-order chi connectivity index (χ0) is 15.4. The predicted octanol–water partition coefficient (Wildman–Crippen LogP) is 2.20. The van der Waals surface area contributed by atoms with Gasteiger partial charge in [-0.3, -0.25) is 0 Å². The van der Waals surface area contributed by atoms with E-state index in [2.05, 4.69) is 10.1 Å². The van der Waals surface area contributed by atoms with Crippen molar-refractivity contribution in [3.05, 3.63) is 29.8 Å². The minimum atomic E-state index is -3.14. The topological polar surface area (TPSA) is 55.4 Å². The highest BCUT2D eigenvalue weighted by Gasteiger charge is 2.29. The van der Waals surface area contributed by atoms with Gasteiger partial charge in [-0.05, 0) is 31.5 Å². The molecule has 20 heavy (non-hydrogen) atoms. The fourth-order valence-electron chi connectivity index (χ4n) is 1.43. The first kappa shape index (κ1) is 16.8. The summed E-state index contributed by atoms with van der Waals surface area (Å²) >= 11 is 0. The average Bonchev–Trinajstić information content (AvgIpc) is 2.29. The second-order valence-electron chi connectivity index (χ2n) is 5.16. The molecular formula is C13H19F2NO3S. The van der Waals surface area contributed by atoms with E-state index in [0.29, 0.717) is 13.1 Å². The molecule has 0 unspecified atom stereocenters. The molecule has 0 amide bonds. The van der Waals surface area contributed by atoms with E-state index in [1.165, 1.54) is 18.4 Å². The van der Waals surface area contributed by atoms with Crippen molar-refractivity contribution in [3.63, 3.8) is 0 Å². The molecule has 1 rings (SSSR count). The lowest BCUT2D eigenvalue weighted by molar-refractivity contribution is -0.0498. The predicted molar refractivity (Wildman–Crippen MR) is 73.7 cm³/mol. The van der Waals surface area contributed by atoms with Crippen LogP contribution < -0.4 is 10.1 Å². The molecule has 4 nitrogen and oxygen atoms in total. The van der Waals surface area contributed by atoms with Gasteiger partial charge < -0.3 is 10.1 Å². The van der Waals surface area contributed by atoms with Crippen LogP contribution in [0.25, 0.3) is 0 Å². The van der Waals surface area contributed by atoms with Crippen molar-refractivity contribution in [1.29, 1.82) is 0 Å². The van der Waals surface area contributed by atoms with E-state index >= 15 is 0 Å². The van der Waals surface area contributed by atoms with Gasteiger partial charge in [0.05, 0.1) is 4.75 Å². The summed E-state index contributed by atoms with van der Waals surface area (Å²) in [6.45, 7) is 1.22. The Morgan fingerprint density at radius 2 is 1.80 bits per heavy atom. The third kappa shape index (κ3) is 5.05. The molecule has 114 valence electrons. The van der Waals surface area contributed by atoms with E-state index in [1.54, 1.807) is 26.0 Å². The molecule has 0 saturated carbocycles. The number of ether oxygens (including phenoxy) is 1. The van der Waals surface area contributed by atoms with Gasteiger partial charge in [-0.1, -0.05) is 12.1 Å². The second-order valence-corrected chi connectivity index (χ2v) is 7.81. The molecule has 0 fully saturated rings. The SMILES string of the molecule is CC(C)(CNCc1ccc(OC(F)F)cc1)S(C)(=O)=O. The van der Waals surface area contributed by atoms with Crippen molar-refractivity contribution in [1.82, 2.24) is 5.32 Å². The molecule has 7 heteroatoms.